The first-order valence-electron chi connectivity index (χ1n) is 7.15. The van der Waals surface area contributed by atoms with Gasteiger partial charge in [-0.15, -0.1) is 0 Å². The lowest BCUT2D eigenvalue weighted by atomic mass is 10.1. The molecule has 1 rings (SSSR count). The molecular formula is C16H23BrN2O2. The summed E-state index contributed by atoms with van der Waals surface area (Å²) in [5, 5.41) is 2.86. The van der Waals surface area contributed by atoms with Gasteiger partial charge in [-0.05, 0) is 23.6 Å². The van der Waals surface area contributed by atoms with Crippen molar-refractivity contribution in [3.05, 3.63) is 34.3 Å². The van der Waals surface area contributed by atoms with Gasteiger partial charge in [0, 0.05) is 31.0 Å². The Morgan fingerprint density at radius 2 is 2.05 bits per heavy atom. The van der Waals surface area contributed by atoms with Crippen molar-refractivity contribution in [3.8, 4) is 0 Å². The van der Waals surface area contributed by atoms with Crippen molar-refractivity contribution >= 4 is 27.7 Å². The number of carbonyl (C=O) groups is 2. The Labute approximate surface area is 135 Å². The average Bonchev–Trinajstić information content (AvgIpc) is 2.36. The van der Waals surface area contributed by atoms with Gasteiger partial charge < -0.3 is 10.2 Å². The average molecular weight is 355 g/mol. The highest BCUT2D eigenvalue weighted by Gasteiger charge is 2.11. The Hall–Kier alpha value is -1.36. The van der Waals surface area contributed by atoms with E-state index in [-0.39, 0.29) is 11.8 Å². The highest BCUT2D eigenvalue weighted by atomic mass is 79.9. The molecule has 21 heavy (non-hydrogen) atoms. The van der Waals surface area contributed by atoms with Crippen LogP contribution in [0.3, 0.4) is 0 Å². The Morgan fingerprint density at radius 1 is 1.33 bits per heavy atom. The summed E-state index contributed by atoms with van der Waals surface area (Å²) in [6.45, 7) is 7.46. The Kier molecular flexibility index (Phi) is 7.43. The summed E-state index contributed by atoms with van der Waals surface area (Å²) in [5.41, 5.74) is 0.965. The molecule has 1 aromatic rings. The number of carbonyl (C=O) groups excluding carboxylic acids is 2. The predicted molar refractivity (Wildman–Crippen MR) is 87.9 cm³/mol. The molecule has 0 heterocycles. The molecule has 0 unspecified atom stereocenters. The molecule has 5 heteroatoms. The van der Waals surface area contributed by atoms with Gasteiger partial charge >= 0.3 is 0 Å². The van der Waals surface area contributed by atoms with Gasteiger partial charge in [0.05, 0.1) is 6.42 Å². The van der Waals surface area contributed by atoms with E-state index < -0.39 is 0 Å². The van der Waals surface area contributed by atoms with Crippen molar-refractivity contribution in [1.82, 2.24) is 10.2 Å². The summed E-state index contributed by atoms with van der Waals surface area (Å²) in [4.78, 5) is 25.1. The van der Waals surface area contributed by atoms with Gasteiger partial charge in [-0.1, -0.05) is 41.9 Å². The fourth-order valence-corrected chi connectivity index (χ4v) is 2.49. The van der Waals surface area contributed by atoms with Crippen LogP contribution in [0, 0.1) is 5.92 Å². The van der Waals surface area contributed by atoms with Crippen molar-refractivity contribution in [1.29, 1.82) is 0 Å². The normalized spacial score (nSPS) is 10.5. The first-order chi connectivity index (χ1) is 9.88. The smallest absolute Gasteiger partial charge is 0.224 e. The van der Waals surface area contributed by atoms with Crippen LogP contribution < -0.4 is 5.32 Å². The maximum Gasteiger partial charge on any atom is 0.224 e. The van der Waals surface area contributed by atoms with Crippen LogP contribution in [-0.4, -0.2) is 36.3 Å². The summed E-state index contributed by atoms with van der Waals surface area (Å²) in [6, 6.07) is 7.69. The Bertz CT molecular complexity index is 489. The van der Waals surface area contributed by atoms with E-state index in [2.05, 4.69) is 35.1 Å². The molecule has 0 aliphatic heterocycles. The van der Waals surface area contributed by atoms with Crippen molar-refractivity contribution < 1.29 is 9.59 Å². The number of hydrogen-bond acceptors (Lipinski definition) is 2. The molecule has 0 atom stereocenters. The van der Waals surface area contributed by atoms with Crippen LogP contribution in [0.15, 0.2) is 28.7 Å². The molecule has 0 saturated heterocycles. The Balaban J connectivity index is 2.37. The first-order valence-corrected chi connectivity index (χ1v) is 7.94. The lowest BCUT2D eigenvalue weighted by Crippen LogP contribution is -2.39. The molecule has 0 aliphatic carbocycles. The molecule has 0 spiro atoms. The third-order valence-corrected chi connectivity index (χ3v) is 3.48. The van der Waals surface area contributed by atoms with Crippen LogP contribution in [0.4, 0.5) is 0 Å². The van der Waals surface area contributed by atoms with Gasteiger partial charge in [-0.25, -0.2) is 0 Å². The minimum Gasteiger partial charge on any atom is -0.354 e. The van der Waals surface area contributed by atoms with Crippen LogP contribution in [0.5, 0.6) is 0 Å². The fourth-order valence-electron chi connectivity index (χ4n) is 2.04. The van der Waals surface area contributed by atoms with Crippen molar-refractivity contribution in [2.24, 2.45) is 5.92 Å². The summed E-state index contributed by atoms with van der Waals surface area (Å²) in [7, 11) is 0. The van der Waals surface area contributed by atoms with Gasteiger partial charge in [0.15, 0.2) is 0 Å². The minimum atomic E-state index is -0.0267. The number of halogens is 1. The molecule has 0 radical (unpaired) electrons. The molecule has 0 bridgehead atoms. The number of benzene rings is 1. The fraction of sp³-hybridized carbons (Fsp3) is 0.500. The largest absolute Gasteiger partial charge is 0.354 e. The molecule has 0 aromatic heterocycles. The second-order valence-corrected chi connectivity index (χ2v) is 6.43. The topological polar surface area (TPSA) is 49.4 Å². The molecule has 0 aliphatic rings. The lowest BCUT2D eigenvalue weighted by Gasteiger charge is -2.23. The number of nitrogens with zero attached hydrogens (tertiary/aromatic N) is 1. The van der Waals surface area contributed by atoms with Crippen LogP contribution in [0.1, 0.15) is 26.3 Å². The molecule has 0 fully saturated rings. The summed E-state index contributed by atoms with van der Waals surface area (Å²) < 4.78 is 0.965. The van der Waals surface area contributed by atoms with E-state index in [4.69, 9.17) is 0 Å². The van der Waals surface area contributed by atoms with Crippen LogP contribution in [0.2, 0.25) is 0 Å². The van der Waals surface area contributed by atoms with Gasteiger partial charge in [0.2, 0.25) is 11.8 Å². The maximum atomic E-state index is 11.9. The van der Waals surface area contributed by atoms with E-state index in [1.54, 1.807) is 11.8 Å². The van der Waals surface area contributed by atoms with Gasteiger partial charge in [0.1, 0.15) is 0 Å². The van der Waals surface area contributed by atoms with Crippen LogP contribution in [0.25, 0.3) is 0 Å². The minimum absolute atomic E-state index is 0.0267. The second-order valence-electron chi connectivity index (χ2n) is 5.52. The number of rotatable bonds is 7. The van der Waals surface area contributed by atoms with Crippen LogP contribution in [-0.2, 0) is 16.0 Å². The third kappa shape index (κ3) is 7.27. The molecule has 2 amide bonds. The quantitative estimate of drug-likeness (QED) is 0.818. The van der Waals surface area contributed by atoms with Crippen molar-refractivity contribution in [2.45, 2.75) is 27.2 Å². The van der Waals surface area contributed by atoms with Crippen molar-refractivity contribution in [3.63, 3.8) is 0 Å². The Morgan fingerprint density at radius 3 is 2.62 bits per heavy atom. The first kappa shape index (κ1) is 17.7. The third-order valence-electron chi connectivity index (χ3n) is 2.99. The zero-order chi connectivity index (χ0) is 15.8. The summed E-state index contributed by atoms with van der Waals surface area (Å²) >= 11 is 3.39. The second kappa shape index (κ2) is 8.82. The van der Waals surface area contributed by atoms with E-state index in [0.717, 1.165) is 16.6 Å². The van der Waals surface area contributed by atoms with E-state index in [1.165, 1.54) is 0 Å². The predicted octanol–water partition coefficient (Wildman–Crippen LogP) is 2.61. The summed E-state index contributed by atoms with van der Waals surface area (Å²) in [5.74, 6) is 0.442. The lowest BCUT2D eigenvalue weighted by molar-refractivity contribution is -0.130. The molecule has 1 N–H and O–H groups in total. The van der Waals surface area contributed by atoms with Crippen LogP contribution >= 0.6 is 15.9 Å². The molecular weight excluding hydrogens is 332 g/mol. The van der Waals surface area contributed by atoms with Gasteiger partial charge in [-0.2, -0.15) is 0 Å². The molecule has 1 aromatic carbocycles. The number of hydrogen-bond donors (Lipinski definition) is 1. The zero-order valence-corrected chi connectivity index (χ0v) is 14.4. The molecule has 116 valence electrons. The summed E-state index contributed by atoms with van der Waals surface area (Å²) in [6.07, 6.45) is 0.351. The molecule has 4 nitrogen and oxygen atoms in total. The van der Waals surface area contributed by atoms with E-state index in [9.17, 15) is 9.59 Å². The van der Waals surface area contributed by atoms with E-state index in [1.807, 2.05) is 24.3 Å². The van der Waals surface area contributed by atoms with Gasteiger partial charge in [-0.3, -0.25) is 9.59 Å². The monoisotopic (exact) mass is 354 g/mol. The highest BCUT2D eigenvalue weighted by Crippen LogP contribution is 2.11. The zero-order valence-electron chi connectivity index (χ0n) is 12.9. The van der Waals surface area contributed by atoms with E-state index >= 15 is 0 Å². The van der Waals surface area contributed by atoms with Gasteiger partial charge in [0.25, 0.3) is 0 Å². The maximum absolute atomic E-state index is 11.9. The highest BCUT2D eigenvalue weighted by molar-refractivity contribution is 9.10. The molecule has 0 saturated carbocycles. The SMILES string of the molecule is CC(=O)N(CCNC(=O)Cc1cccc(Br)c1)CC(C)C. The van der Waals surface area contributed by atoms with E-state index in [0.29, 0.717) is 25.4 Å². The number of amides is 2. The van der Waals surface area contributed by atoms with Crippen molar-refractivity contribution in [2.75, 3.05) is 19.6 Å². The standard InChI is InChI=1S/C16H23BrN2O2/c1-12(2)11-19(13(3)20)8-7-18-16(21)10-14-5-4-6-15(17)9-14/h4-6,9,12H,7-8,10-11H2,1-3H3,(H,18,21). The number of nitrogens with one attached hydrogen (secondary N) is 1.